The van der Waals surface area contributed by atoms with Crippen molar-refractivity contribution in [1.29, 1.82) is 0 Å². The van der Waals surface area contributed by atoms with Gasteiger partial charge in [0.1, 0.15) is 0 Å². The molecule has 62 valence electrons. The van der Waals surface area contributed by atoms with Gasteiger partial charge in [0.2, 0.25) is 0 Å². The number of hydrogen-bond donors (Lipinski definition) is 1. The minimum Gasteiger partial charge on any atom is -0.366 e. The first-order valence-electron chi connectivity index (χ1n) is 2.64. The second-order valence-corrected chi connectivity index (χ2v) is 4.10. The fourth-order valence-corrected chi connectivity index (χ4v) is 1.42. The minimum absolute atomic E-state index is 0.294. The molecule has 0 spiro atoms. The van der Waals surface area contributed by atoms with Crippen molar-refractivity contribution in [1.82, 2.24) is 0 Å². The Bertz CT molecular complexity index is 88.6. The van der Waals surface area contributed by atoms with Crippen LogP contribution in [0.1, 0.15) is 13.3 Å². The topological polar surface area (TPSA) is 47.9 Å². The summed E-state index contributed by atoms with van der Waals surface area (Å²) in [4.78, 5) is 8.97. The summed E-state index contributed by atoms with van der Waals surface area (Å²) in [6.45, 7) is 2.15. The zero-order chi connectivity index (χ0) is 8.04. The van der Waals surface area contributed by atoms with Gasteiger partial charge >= 0.3 is 9.05 Å². The summed E-state index contributed by atoms with van der Waals surface area (Å²) in [5.74, 6) is 0. The maximum atomic E-state index is 8.97. The van der Waals surface area contributed by atoms with Crippen LogP contribution >= 0.6 is 23.7 Å². The Morgan fingerprint density at radius 2 is 1.90 bits per heavy atom. The summed E-state index contributed by atoms with van der Waals surface area (Å²) >= 11 is 9.64. The Morgan fingerprint density at radius 1 is 1.40 bits per heavy atom. The van der Waals surface area contributed by atoms with Crippen LogP contribution in [0.4, 0.5) is 0 Å². The minimum atomic E-state index is -3.69. The second-order valence-electron chi connectivity index (χ2n) is 1.53. The normalized spacial score (nSPS) is 12.0. The van der Waals surface area contributed by atoms with E-state index in [0.717, 1.165) is 6.42 Å². The zero-order valence-corrected chi connectivity index (χ0v) is 7.85. The largest absolute Gasteiger partial charge is 0.710 e. The van der Waals surface area contributed by atoms with Crippen LogP contribution in [-0.4, -0.2) is 20.5 Å². The van der Waals surface area contributed by atoms with E-state index in [-0.39, 0.29) is 0 Å². The third kappa shape index (κ3) is 3.72. The van der Waals surface area contributed by atoms with E-state index in [2.05, 4.69) is 12.4 Å². The maximum absolute atomic E-state index is 8.97. The van der Waals surface area contributed by atoms with Gasteiger partial charge in [-0.15, -0.1) is 0 Å². The summed E-state index contributed by atoms with van der Waals surface area (Å²) in [5, 5.41) is 0. The first-order valence-corrected chi connectivity index (χ1v) is 4.93. The van der Waals surface area contributed by atoms with E-state index >= 15 is 0 Å². The van der Waals surface area contributed by atoms with Crippen LogP contribution < -0.4 is 0 Å². The van der Waals surface area contributed by atoms with Crippen LogP contribution in [0.5, 0.6) is 0 Å². The highest BCUT2D eigenvalue weighted by atomic mass is 35.5. The molecule has 0 fully saturated rings. The number of hydrogen-bond acceptors (Lipinski definition) is 4. The van der Waals surface area contributed by atoms with Crippen LogP contribution in [0.25, 0.3) is 0 Å². The molecule has 0 aromatic rings. The molecule has 0 radical (unpaired) electrons. The summed E-state index contributed by atoms with van der Waals surface area (Å²) in [6.07, 6.45) is 0.718. The highest BCUT2D eigenvalue weighted by molar-refractivity contribution is 6.60. The molecule has 0 atom stereocenters. The van der Waals surface area contributed by atoms with E-state index in [1.54, 1.807) is 0 Å². The molecule has 7 heteroatoms. The summed E-state index contributed by atoms with van der Waals surface area (Å²) in [7, 11) is -3.69. The quantitative estimate of drug-likeness (QED) is 0.687. The molecular formula is C3H8Cl2O4Si. The van der Waals surface area contributed by atoms with Gasteiger partial charge in [-0.3, -0.25) is 0 Å². The molecule has 4 nitrogen and oxygen atoms in total. The molecule has 0 bridgehead atoms. The van der Waals surface area contributed by atoms with E-state index in [9.17, 15) is 0 Å². The fraction of sp³-hybridized carbons (Fsp3) is 1.00. The van der Waals surface area contributed by atoms with Gasteiger partial charge in [0, 0.05) is 6.61 Å². The van der Waals surface area contributed by atoms with Crippen molar-refractivity contribution in [3.8, 4) is 0 Å². The zero-order valence-electron chi connectivity index (χ0n) is 5.34. The Morgan fingerprint density at radius 3 is 2.20 bits per heavy atom. The third-order valence-electron chi connectivity index (χ3n) is 0.684. The Kier molecular flexibility index (Phi) is 5.65. The van der Waals surface area contributed by atoms with Crippen molar-refractivity contribution in [2.24, 2.45) is 0 Å². The lowest BCUT2D eigenvalue weighted by Crippen LogP contribution is -2.41. The standard InChI is InChI=1S/C3H8Cl2O4Si/c1-2-3-7-10(6,8-4)9-5/h6H,2-3H2,1H3. The average Bonchev–Trinajstić information content (AvgIpc) is 2.00. The monoisotopic (exact) mass is 206 g/mol. The van der Waals surface area contributed by atoms with Gasteiger partial charge < -0.3 is 9.22 Å². The summed E-state index contributed by atoms with van der Waals surface area (Å²) < 4.78 is 12.6. The average molecular weight is 207 g/mol. The highest BCUT2D eigenvalue weighted by Crippen LogP contribution is 2.09. The SMILES string of the molecule is CCCO[Si](O)(OCl)OCl. The van der Waals surface area contributed by atoms with Crippen LogP contribution in [0, 0.1) is 0 Å². The summed E-state index contributed by atoms with van der Waals surface area (Å²) in [5.41, 5.74) is 0. The molecule has 1 N–H and O–H groups in total. The second kappa shape index (κ2) is 5.31. The van der Waals surface area contributed by atoms with Crippen LogP contribution in [-0.2, 0) is 12.4 Å². The van der Waals surface area contributed by atoms with Crippen molar-refractivity contribution >= 4 is 32.8 Å². The van der Waals surface area contributed by atoms with Gasteiger partial charge in [0.15, 0.2) is 0 Å². The van der Waals surface area contributed by atoms with Crippen molar-refractivity contribution in [2.45, 2.75) is 13.3 Å². The van der Waals surface area contributed by atoms with Crippen LogP contribution in [0.15, 0.2) is 0 Å². The van der Waals surface area contributed by atoms with Crippen molar-refractivity contribution in [2.75, 3.05) is 6.61 Å². The molecule has 0 aromatic carbocycles. The molecule has 0 heterocycles. The van der Waals surface area contributed by atoms with Crippen LogP contribution in [0.3, 0.4) is 0 Å². The molecule has 10 heavy (non-hydrogen) atoms. The van der Waals surface area contributed by atoms with Crippen molar-refractivity contribution in [3.63, 3.8) is 0 Å². The molecular weight excluding hydrogens is 199 g/mol. The maximum Gasteiger partial charge on any atom is 0.710 e. The van der Waals surface area contributed by atoms with Gasteiger partial charge in [-0.1, -0.05) is 6.92 Å². The molecule has 0 amide bonds. The Hall–Kier alpha value is 0.637. The van der Waals surface area contributed by atoms with Gasteiger partial charge in [-0.2, -0.15) is 0 Å². The smallest absolute Gasteiger partial charge is 0.366 e. The third-order valence-corrected chi connectivity index (χ3v) is 2.81. The lowest BCUT2D eigenvalue weighted by molar-refractivity contribution is 0.0908. The van der Waals surface area contributed by atoms with Gasteiger partial charge in [-0.25, -0.2) is 7.96 Å². The molecule has 0 aliphatic rings. The number of halogens is 2. The van der Waals surface area contributed by atoms with Crippen LogP contribution in [0.2, 0.25) is 0 Å². The lowest BCUT2D eigenvalue weighted by Gasteiger charge is -2.13. The molecule has 0 aromatic heterocycles. The Balaban J connectivity index is 3.58. The van der Waals surface area contributed by atoms with E-state index in [4.69, 9.17) is 28.5 Å². The van der Waals surface area contributed by atoms with E-state index in [0.29, 0.717) is 6.61 Å². The van der Waals surface area contributed by atoms with E-state index in [1.165, 1.54) is 0 Å². The molecule has 0 saturated heterocycles. The number of rotatable bonds is 5. The molecule has 0 aliphatic carbocycles. The Labute approximate surface area is 70.4 Å². The molecule has 0 unspecified atom stereocenters. The first-order chi connectivity index (χ1) is 4.68. The summed E-state index contributed by atoms with van der Waals surface area (Å²) in [6, 6.07) is 0. The first kappa shape index (κ1) is 10.6. The van der Waals surface area contributed by atoms with Gasteiger partial charge in [-0.05, 0) is 6.42 Å². The lowest BCUT2D eigenvalue weighted by atomic mass is 10.5. The fourth-order valence-electron chi connectivity index (χ4n) is 0.287. The predicted molar refractivity (Wildman–Crippen MR) is 38.1 cm³/mol. The predicted octanol–water partition coefficient (Wildman–Crippen LogP) is 1.18. The van der Waals surface area contributed by atoms with Gasteiger partial charge in [0.05, 0.1) is 23.7 Å². The van der Waals surface area contributed by atoms with Crippen molar-refractivity contribution < 1.29 is 17.2 Å². The van der Waals surface area contributed by atoms with E-state index in [1.807, 2.05) is 6.92 Å². The van der Waals surface area contributed by atoms with Gasteiger partial charge in [0.25, 0.3) is 0 Å². The van der Waals surface area contributed by atoms with Crippen molar-refractivity contribution in [3.05, 3.63) is 0 Å². The molecule has 0 rings (SSSR count). The molecule has 0 saturated carbocycles. The van der Waals surface area contributed by atoms with E-state index < -0.39 is 9.05 Å². The molecule has 0 aliphatic heterocycles. The highest BCUT2D eigenvalue weighted by Gasteiger charge is 2.42.